The van der Waals surface area contributed by atoms with E-state index >= 15 is 0 Å². The summed E-state index contributed by atoms with van der Waals surface area (Å²) < 4.78 is 0. The summed E-state index contributed by atoms with van der Waals surface area (Å²) >= 11 is 0. The van der Waals surface area contributed by atoms with Crippen molar-refractivity contribution in [3.8, 4) is 0 Å². The van der Waals surface area contributed by atoms with Gasteiger partial charge in [-0.25, -0.2) is 0 Å². The van der Waals surface area contributed by atoms with Crippen molar-refractivity contribution in [2.24, 2.45) is 5.92 Å². The van der Waals surface area contributed by atoms with Crippen LogP contribution in [0, 0.1) is 5.92 Å². The first kappa shape index (κ1) is 13.6. The minimum absolute atomic E-state index is 0.851. The molecule has 4 nitrogen and oxygen atoms in total. The smallest absolute Gasteiger partial charge is 0.0620 e. The number of rotatable bonds is 2. The Morgan fingerprint density at radius 3 is 2.45 bits per heavy atom. The Labute approximate surface area is 121 Å². The summed E-state index contributed by atoms with van der Waals surface area (Å²) in [6.45, 7) is 8.92. The fourth-order valence-electron chi connectivity index (χ4n) is 3.18. The third-order valence-corrected chi connectivity index (χ3v) is 4.62. The van der Waals surface area contributed by atoms with Crippen molar-refractivity contribution in [1.82, 2.24) is 5.32 Å². The lowest BCUT2D eigenvalue weighted by molar-refractivity contribution is 0.438. The van der Waals surface area contributed by atoms with Gasteiger partial charge < -0.3 is 20.9 Å². The normalized spacial score (nSPS) is 21.2. The Hall–Kier alpha value is -1.42. The van der Waals surface area contributed by atoms with Gasteiger partial charge in [0.25, 0.3) is 0 Å². The lowest BCUT2D eigenvalue weighted by Crippen LogP contribution is -2.43. The standard InChI is InChI=1S/C16H26N4/c1-13-4-8-20(9-5-13)16-12-14(2-3-15(16)17)19-10-6-18-7-11-19/h2-3,12-13,18H,4-11,17H2,1H3. The molecule has 4 heteroatoms. The Morgan fingerprint density at radius 1 is 1.05 bits per heavy atom. The minimum atomic E-state index is 0.851. The van der Waals surface area contributed by atoms with Crippen LogP contribution in [0.15, 0.2) is 18.2 Å². The molecule has 1 aromatic rings. The topological polar surface area (TPSA) is 44.5 Å². The molecule has 0 spiro atoms. The summed E-state index contributed by atoms with van der Waals surface area (Å²) in [5.41, 5.74) is 9.67. The van der Waals surface area contributed by atoms with Crippen LogP contribution in [0.2, 0.25) is 0 Å². The second kappa shape index (κ2) is 5.92. The lowest BCUT2D eigenvalue weighted by Gasteiger charge is -2.35. The fourth-order valence-corrected chi connectivity index (χ4v) is 3.18. The van der Waals surface area contributed by atoms with E-state index in [9.17, 15) is 0 Å². The number of benzene rings is 1. The fraction of sp³-hybridized carbons (Fsp3) is 0.625. The molecule has 2 saturated heterocycles. The number of hydrogen-bond acceptors (Lipinski definition) is 4. The van der Waals surface area contributed by atoms with Crippen LogP contribution in [0.5, 0.6) is 0 Å². The number of nitrogens with two attached hydrogens (primary N) is 1. The van der Waals surface area contributed by atoms with Gasteiger partial charge in [0.1, 0.15) is 0 Å². The Balaban J connectivity index is 1.79. The van der Waals surface area contributed by atoms with Crippen molar-refractivity contribution in [3.05, 3.63) is 18.2 Å². The summed E-state index contributed by atoms with van der Waals surface area (Å²) in [5, 5.41) is 3.40. The van der Waals surface area contributed by atoms with Crippen LogP contribution < -0.4 is 20.9 Å². The first-order valence-electron chi connectivity index (χ1n) is 7.84. The van der Waals surface area contributed by atoms with Crippen molar-refractivity contribution < 1.29 is 0 Å². The lowest BCUT2D eigenvalue weighted by atomic mass is 9.98. The minimum Gasteiger partial charge on any atom is -0.397 e. The summed E-state index contributed by atoms with van der Waals surface area (Å²) in [6, 6.07) is 6.53. The summed E-state index contributed by atoms with van der Waals surface area (Å²) in [7, 11) is 0. The second-order valence-electron chi connectivity index (χ2n) is 6.15. The van der Waals surface area contributed by atoms with Gasteiger partial charge in [-0.3, -0.25) is 0 Å². The molecule has 2 aliphatic rings. The number of anilines is 3. The molecule has 3 rings (SSSR count). The summed E-state index contributed by atoms with van der Waals surface area (Å²) in [6.07, 6.45) is 2.55. The van der Waals surface area contributed by atoms with Crippen LogP contribution >= 0.6 is 0 Å². The molecule has 0 amide bonds. The molecule has 0 aliphatic carbocycles. The molecular weight excluding hydrogens is 248 g/mol. The zero-order valence-corrected chi connectivity index (χ0v) is 12.4. The molecule has 110 valence electrons. The van der Waals surface area contributed by atoms with E-state index < -0.39 is 0 Å². The molecule has 0 bridgehead atoms. The molecule has 0 atom stereocenters. The average Bonchev–Trinajstić information content (AvgIpc) is 2.50. The molecule has 0 unspecified atom stereocenters. The SMILES string of the molecule is CC1CCN(c2cc(N3CCNCC3)ccc2N)CC1. The van der Waals surface area contributed by atoms with Crippen molar-refractivity contribution in [2.75, 3.05) is 54.8 Å². The maximum Gasteiger partial charge on any atom is 0.0620 e. The van der Waals surface area contributed by atoms with E-state index in [4.69, 9.17) is 5.73 Å². The van der Waals surface area contributed by atoms with Crippen molar-refractivity contribution in [2.45, 2.75) is 19.8 Å². The quantitative estimate of drug-likeness (QED) is 0.809. The van der Waals surface area contributed by atoms with E-state index in [0.717, 1.165) is 50.9 Å². The molecule has 0 aromatic heterocycles. The largest absolute Gasteiger partial charge is 0.397 e. The molecular formula is C16H26N4. The number of nitrogens with one attached hydrogen (secondary N) is 1. The second-order valence-corrected chi connectivity index (χ2v) is 6.15. The van der Waals surface area contributed by atoms with Gasteiger partial charge in [0.2, 0.25) is 0 Å². The van der Waals surface area contributed by atoms with Crippen molar-refractivity contribution >= 4 is 17.1 Å². The molecule has 0 saturated carbocycles. The highest BCUT2D eigenvalue weighted by Crippen LogP contribution is 2.32. The van der Waals surface area contributed by atoms with E-state index in [-0.39, 0.29) is 0 Å². The Bertz CT molecular complexity index is 446. The third-order valence-electron chi connectivity index (χ3n) is 4.62. The van der Waals surface area contributed by atoms with E-state index in [1.807, 2.05) is 0 Å². The monoisotopic (exact) mass is 274 g/mol. The van der Waals surface area contributed by atoms with E-state index in [2.05, 4.69) is 40.2 Å². The zero-order valence-electron chi connectivity index (χ0n) is 12.4. The van der Waals surface area contributed by atoms with E-state index in [1.54, 1.807) is 0 Å². The van der Waals surface area contributed by atoms with E-state index in [0.29, 0.717) is 0 Å². The molecule has 2 fully saturated rings. The number of nitrogen functional groups attached to an aromatic ring is 1. The van der Waals surface area contributed by atoms with Gasteiger partial charge in [-0.1, -0.05) is 6.92 Å². The number of hydrogen-bond donors (Lipinski definition) is 2. The molecule has 2 aliphatic heterocycles. The van der Waals surface area contributed by atoms with Crippen LogP contribution in [-0.2, 0) is 0 Å². The van der Waals surface area contributed by atoms with Crippen LogP contribution in [0.4, 0.5) is 17.1 Å². The van der Waals surface area contributed by atoms with Crippen LogP contribution in [0.25, 0.3) is 0 Å². The predicted octanol–water partition coefficient (Wildman–Crippen LogP) is 1.91. The predicted molar refractivity (Wildman–Crippen MR) is 86.5 cm³/mol. The van der Waals surface area contributed by atoms with Gasteiger partial charge in [0.05, 0.1) is 11.4 Å². The summed E-state index contributed by atoms with van der Waals surface area (Å²) in [5.74, 6) is 0.851. The highest BCUT2D eigenvalue weighted by molar-refractivity contribution is 5.73. The Kier molecular flexibility index (Phi) is 4.01. The Morgan fingerprint density at radius 2 is 1.75 bits per heavy atom. The maximum atomic E-state index is 6.21. The summed E-state index contributed by atoms with van der Waals surface area (Å²) in [4.78, 5) is 4.91. The van der Waals surface area contributed by atoms with Gasteiger partial charge >= 0.3 is 0 Å². The number of piperidine rings is 1. The molecule has 2 heterocycles. The van der Waals surface area contributed by atoms with Crippen LogP contribution in [-0.4, -0.2) is 39.3 Å². The zero-order chi connectivity index (χ0) is 13.9. The number of piperazine rings is 1. The third kappa shape index (κ3) is 2.85. The van der Waals surface area contributed by atoms with Gasteiger partial charge in [-0.15, -0.1) is 0 Å². The van der Waals surface area contributed by atoms with Crippen LogP contribution in [0.3, 0.4) is 0 Å². The highest BCUT2D eigenvalue weighted by atomic mass is 15.2. The molecule has 20 heavy (non-hydrogen) atoms. The van der Waals surface area contributed by atoms with Crippen molar-refractivity contribution in [3.63, 3.8) is 0 Å². The van der Waals surface area contributed by atoms with Gasteiger partial charge in [-0.05, 0) is 37.0 Å². The van der Waals surface area contributed by atoms with Crippen LogP contribution in [0.1, 0.15) is 19.8 Å². The first-order valence-corrected chi connectivity index (χ1v) is 7.84. The van der Waals surface area contributed by atoms with E-state index in [1.165, 1.54) is 24.2 Å². The number of nitrogens with zero attached hydrogens (tertiary/aromatic N) is 2. The molecule has 3 N–H and O–H groups in total. The maximum absolute atomic E-state index is 6.21. The van der Waals surface area contributed by atoms with Gasteiger partial charge in [-0.2, -0.15) is 0 Å². The van der Waals surface area contributed by atoms with Gasteiger partial charge in [0.15, 0.2) is 0 Å². The average molecular weight is 274 g/mol. The molecule has 1 aromatic carbocycles. The first-order chi connectivity index (χ1) is 9.74. The highest BCUT2D eigenvalue weighted by Gasteiger charge is 2.19. The van der Waals surface area contributed by atoms with Crippen molar-refractivity contribution in [1.29, 1.82) is 0 Å². The molecule has 0 radical (unpaired) electrons. The van der Waals surface area contributed by atoms with Gasteiger partial charge in [0, 0.05) is 45.0 Å².